The van der Waals surface area contributed by atoms with Crippen LogP contribution in [0.15, 0.2) is 42.6 Å². The van der Waals surface area contributed by atoms with Crippen molar-refractivity contribution in [2.75, 3.05) is 18.6 Å². The van der Waals surface area contributed by atoms with Gasteiger partial charge in [0.05, 0.1) is 19.3 Å². The lowest BCUT2D eigenvalue weighted by atomic mass is 10.0. The Kier molecular flexibility index (Phi) is 4.51. The highest BCUT2D eigenvalue weighted by molar-refractivity contribution is 5.46. The molecule has 7 heteroatoms. The van der Waals surface area contributed by atoms with Crippen LogP contribution in [-0.4, -0.2) is 25.0 Å². The van der Waals surface area contributed by atoms with Gasteiger partial charge in [0, 0.05) is 6.54 Å². The minimum Gasteiger partial charge on any atom is -0.497 e. The van der Waals surface area contributed by atoms with Crippen molar-refractivity contribution in [3.8, 4) is 11.5 Å². The molecule has 0 amide bonds. The number of methoxy groups -OCH3 is 1. The van der Waals surface area contributed by atoms with E-state index in [-0.39, 0.29) is 11.8 Å². The fraction of sp³-hybridized carbons (Fsp3) is 0.353. The molecule has 0 aliphatic carbocycles. The van der Waals surface area contributed by atoms with Gasteiger partial charge in [0.2, 0.25) is 0 Å². The zero-order chi connectivity index (χ0) is 17.2. The number of alkyl halides is 3. The summed E-state index contributed by atoms with van der Waals surface area (Å²) < 4.78 is 45.8. The van der Waals surface area contributed by atoms with Crippen LogP contribution in [-0.2, 0) is 0 Å². The average Bonchev–Trinajstić information content (AvgIpc) is 3.04. The van der Waals surface area contributed by atoms with Crippen molar-refractivity contribution in [1.82, 2.24) is 4.98 Å². The summed E-state index contributed by atoms with van der Waals surface area (Å²) >= 11 is 0. The van der Waals surface area contributed by atoms with E-state index in [1.54, 1.807) is 13.2 Å². The molecule has 1 aromatic heterocycles. The molecule has 0 spiro atoms. The van der Waals surface area contributed by atoms with E-state index in [9.17, 15) is 13.2 Å². The van der Waals surface area contributed by atoms with Crippen LogP contribution in [0.1, 0.15) is 24.4 Å². The summed E-state index contributed by atoms with van der Waals surface area (Å²) in [7, 11) is 1.62. The fourth-order valence-corrected chi connectivity index (χ4v) is 2.97. The molecule has 1 aliphatic rings. The summed E-state index contributed by atoms with van der Waals surface area (Å²) in [6.45, 7) is 0.800. The van der Waals surface area contributed by atoms with Gasteiger partial charge in [0.1, 0.15) is 17.3 Å². The molecule has 1 aliphatic heterocycles. The summed E-state index contributed by atoms with van der Waals surface area (Å²) in [5.41, 5.74) is 1.10. The number of nitrogens with zero attached hydrogens (tertiary/aromatic N) is 2. The summed E-state index contributed by atoms with van der Waals surface area (Å²) in [6, 6.07) is 10.8. The van der Waals surface area contributed by atoms with E-state index >= 15 is 0 Å². The Hall–Kier alpha value is -2.44. The molecular weight excluding hydrogens is 321 g/mol. The second-order valence-electron chi connectivity index (χ2n) is 5.53. The van der Waals surface area contributed by atoms with Gasteiger partial charge in [-0.1, -0.05) is 12.1 Å². The highest BCUT2D eigenvalue weighted by Crippen LogP contribution is 2.36. The monoisotopic (exact) mass is 338 g/mol. The molecule has 0 bridgehead atoms. The average molecular weight is 338 g/mol. The summed E-state index contributed by atoms with van der Waals surface area (Å²) in [4.78, 5) is 6.22. The Morgan fingerprint density at radius 1 is 1.17 bits per heavy atom. The van der Waals surface area contributed by atoms with Crippen molar-refractivity contribution >= 4 is 5.82 Å². The van der Waals surface area contributed by atoms with Gasteiger partial charge >= 0.3 is 6.36 Å². The lowest BCUT2D eigenvalue weighted by molar-refractivity contribution is -0.274. The zero-order valence-electron chi connectivity index (χ0n) is 13.1. The Morgan fingerprint density at radius 2 is 2.00 bits per heavy atom. The smallest absolute Gasteiger partial charge is 0.497 e. The number of hydrogen-bond donors (Lipinski definition) is 0. The van der Waals surface area contributed by atoms with Crippen molar-refractivity contribution in [1.29, 1.82) is 0 Å². The number of halogens is 3. The van der Waals surface area contributed by atoms with Gasteiger partial charge in [-0.25, -0.2) is 4.98 Å². The standard InChI is InChI=1S/C17H17F3N2O2/c1-23-13-5-2-4-12(10-13)15-6-3-9-22(15)16-8-7-14(11-21-16)24-17(18,19)20/h2,4-5,7-8,10-11,15H,3,6,9H2,1H3. The third kappa shape index (κ3) is 3.72. The van der Waals surface area contributed by atoms with Crippen molar-refractivity contribution in [2.24, 2.45) is 0 Å². The molecular formula is C17H17F3N2O2. The number of ether oxygens (including phenoxy) is 2. The largest absolute Gasteiger partial charge is 0.573 e. The first-order chi connectivity index (χ1) is 11.5. The molecule has 2 heterocycles. The Balaban J connectivity index is 1.80. The van der Waals surface area contributed by atoms with E-state index in [0.29, 0.717) is 5.82 Å². The van der Waals surface area contributed by atoms with Crippen LogP contribution >= 0.6 is 0 Å². The maximum absolute atomic E-state index is 12.2. The van der Waals surface area contributed by atoms with E-state index < -0.39 is 6.36 Å². The molecule has 1 fully saturated rings. The first kappa shape index (κ1) is 16.4. The third-order valence-corrected chi connectivity index (χ3v) is 3.98. The predicted molar refractivity (Wildman–Crippen MR) is 83.2 cm³/mol. The number of anilines is 1. The lowest BCUT2D eigenvalue weighted by Crippen LogP contribution is -2.23. The maximum atomic E-state index is 12.2. The van der Waals surface area contributed by atoms with Gasteiger partial charge in [-0.05, 0) is 42.7 Å². The second kappa shape index (κ2) is 6.59. The molecule has 3 rings (SSSR count). The molecule has 1 aromatic carbocycles. The number of hydrogen-bond acceptors (Lipinski definition) is 4. The topological polar surface area (TPSA) is 34.6 Å². The van der Waals surface area contributed by atoms with Crippen LogP contribution < -0.4 is 14.4 Å². The minimum atomic E-state index is -4.71. The van der Waals surface area contributed by atoms with Gasteiger partial charge < -0.3 is 14.4 Å². The van der Waals surface area contributed by atoms with Gasteiger partial charge in [-0.15, -0.1) is 13.2 Å². The highest BCUT2D eigenvalue weighted by atomic mass is 19.4. The molecule has 0 N–H and O–H groups in total. The van der Waals surface area contributed by atoms with Crippen molar-refractivity contribution in [3.63, 3.8) is 0 Å². The number of rotatable bonds is 4. The maximum Gasteiger partial charge on any atom is 0.573 e. The molecule has 1 saturated heterocycles. The van der Waals surface area contributed by atoms with Crippen LogP contribution in [0, 0.1) is 0 Å². The first-order valence-electron chi connectivity index (χ1n) is 7.59. The normalized spacial score (nSPS) is 17.8. The molecule has 128 valence electrons. The van der Waals surface area contributed by atoms with E-state index in [1.165, 1.54) is 6.07 Å². The van der Waals surface area contributed by atoms with E-state index in [0.717, 1.165) is 36.9 Å². The molecule has 1 unspecified atom stereocenters. The van der Waals surface area contributed by atoms with Crippen molar-refractivity contribution < 1.29 is 22.6 Å². The Morgan fingerprint density at radius 3 is 2.67 bits per heavy atom. The Labute approximate surface area is 137 Å². The number of aromatic nitrogens is 1. The van der Waals surface area contributed by atoms with Crippen molar-refractivity contribution in [3.05, 3.63) is 48.2 Å². The van der Waals surface area contributed by atoms with E-state index in [2.05, 4.69) is 14.6 Å². The van der Waals surface area contributed by atoms with Crippen LogP contribution in [0.3, 0.4) is 0 Å². The van der Waals surface area contributed by atoms with Gasteiger partial charge in [-0.2, -0.15) is 0 Å². The molecule has 0 radical (unpaired) electrons. The highest BCUT2D eigenvalue weighted by Gasteiger charge is 2.32. The number of pyridine rings is 1. The SMILES string of the molecule is COc1cccc(C2CCCN2c2ccc(OC(F)(F)F)cn2)c1. The third-order valence-electron chi connectivity index (χ3n) is 3.98. The number of benzene rings is 1. The second-order valence-corrected chi connectivity index (χ2v) is 5.53. The molecule has 24 heavy (non-hydrogen) atoms. The molecule has 0 saturated carbocycles. The predicted octanol–water partition coefficient (Wildman–Crippen LogP) is 4.33. The minimum absolute atomic E-state index is 0.127. The summed E-state index contributed by atoms with van der Waals surface area (Å²) in [5.74, 6) is 1.10. The quantitative estimate of drug-likeness (QED) is 0.831. The molecule has 4 nitrogen and oxygen atoms in total. The summed E-state index contributed by atoms with van der Waals surface area (Å²) in [6.07, 6.45) is -1.66. The van der Waals surface area contributed by atoms with Crippen LogP contribution in [0.5, 0.6) is 11.5 Å². The van der Waals surface area contributed by atoms with E-state index in [4.69, 9.17) is 4.74 Å². The van der Waals surface area contributed by atoms with Crippen LogP contribution in [0.25, 0.3) is 0 Å². The zero-order valence-corrected chi connectivity index (χ0v) is 13.1. The molecule has 2 aromatic rings. The van der Waals surface area contributed by atoms with Crippen LogP contribution in [0.2, 0.25) is 0 Å². The van der Waals surface area contributed by atoms with Gasteiger partial charge in [0.15, 0.2) is 0 Å². The fourth-order valence-electron chi connectivity index (χ4n) is 2.97. The molecule has 1 atom stereocenters. The van der Waals surface area contributed by atoms with Crippen molar-refractivity contribution in [2.45, 2.75) is 25.2 Å². The van der Waals surface area contributed by atoms with E-state index in [1.807, 2.05) is 24.3 Å². The Bertz CT molecular complexity index is 689. The lowest BCUT2D eigenvalue weighted by Gasteiger charge is -2.26. The van der Waals surface area contributed by atoms with Crippen LogP contribution in [0.4, 0.5) is 19.0 Å². The summed E-state index contributed by atoms with van der Waals surface area (Å²) in [5, 5.41) is 0. The van der Waals surface area contributed by atoms with Gasteiger partial charge in [-0.3, -0.25) is 0 Å². The first-order valence-corrected chi connectivity index (χ1v) is 7.59. The van der Waals surface area contributed by atoms with Gasteiger partial charge in [0.25, 0.3) is 0 Å².